The number of likely N-dealkylation sites (tertiary alicyclic amines) is 1. The molecule has 1 unspecified atom stereocenters. The molecular weight excluding hydrogens is 312 g/mol. The summed E-state index contributed by atoms with van der Waals surface area (Å²) in [6.07, 6.45) is 1.04. The van der Waals surface area contributed by atoms with Gasteiger partial charge in [-0.2, -0.15) is 4.98 Å². The van der Waals surface area contributed by atoms with E-state index in [2.05, 4.69) is 15.0 Å². The standard InChI is InChI=1S/C16H20N4O4/c1-11-17-16(24-18-11)12-5-7-19(8-6-12)10-15(21)13-3-2-4-14(9-13)20(22)23/h2-4,9,12,15,21H,5-8,10H2,1H3. The number of rotatable bonds is 5. The average molecular weight is 332 g/mol. The molecule has 1 aromatic carbocycles. The SMILES string of the molecule is Cc1noc(C2CCN(CC(O)c3cccc([N+](=O)[O-])c3)CC2)n1. The van der Waals surface area contributed by atoms with Gasteiger partial charge >= 0.3 is 0 Å². The number of β-amino-alcohol motifs (C(OH)–C–C–N with tert-alkyl or cyclic N) is 1. The van der Waals surface area contributed by atoms with Gasteiger partial charge < -0.3 is 14.5 Å². The van der Waals surface area contributed by atoms with Crippen LogP contribution in [0.5, 0.6) is 0 Å². The van der Waals surface area contributed by atoms with E-state index in [0.29, 0.717) is 23.8 Å². The van der Waals surface area contributed by atoms with Crippen molar-refractivity contribution in [2.75, 3.05) is 19.6 Å². The Hall–Kier alpha value is -2.32. The van der Waals surface area contributed by atoms with E-state index in [1.165, 1.54) is 12.1 Å². The van der Waals surface area contributed by atoms with E-state index in [1.54, 1.807) is 19.1 Å². The summed E-state index contributed by atoms with van der Waals surface area (Å²) in [5.74, 6) is 1.59. The number of nitro benzene ring substituents is 1. The molecule has 2 aromatic rings. The molecule has 0 aliphatic carbocycles. The summed E-state index contributed by atoms with van der Waals surface area (Å²) in [6.45, 7) is 3.89. The summed E-state index contributed by atoms with van der Waals surface area (Å²) in [4.78, 5) is 16.8. The highest BCUT2D eigenvalue weighted by Crippen LogP contribution is 2.28. The first-order valence-corrected chi connectivity index (χ1v) is 7.98. The first-order valence-electron chi connectivity index (χ1n) is 7.98. The molecule has 1 aliphatic rings. The zero-order chi connectivity index (χ0) is 17.1. The molecular formula is C16H20N4O4. The van der Waals surface area contributed by atoms with Crippen molar-refractivity contribution in [3.05, 3.63) is 51.7 Å². The molecule has 0 bridgehead atoms. The van der Waals surface area contributed by atoms with Gasteiger partial charge in [-0.25, -0.2) is 0 Å². The molecule has 1 atom stereocenters. The minimum atomic E-state index is -0.743. The Balaban J connectivity index is 1.55. The van der Waals surface area contributed by atoms with Gasteiger partial charge in [0.25, 0.3) is 5.69 Å². The summed E-state index contributed by atoms with van der Waals surface area (Å²) < 4.78 is 5.23. The largest absolute Gasteiger partial charge is 0.387 e. The monoisotopic (exact) mass is 332 g/mol. The third-order valence-electron chi connectivity index (χ3n) is 4.38. The van der Waals surface area contributed by atoms with Crippen molar-refractivity contribution in [3.63, 3.8) is 0 Å². The normalized spacial score (nSPS) is 17.8. The Morgan fingerprint density at radius 2 is 2.21 bits per heavy atom. The summed E-state index contributed by atoms with van der Waals surface area (Å²) in [5.41, 5.74) is 0.566. The van der Waals surface area contributed by atoms with Gasteiger partial charge in [0.05, 0.1) is 11.0 Å². The molecule has 1 fully saturated rings. The van der Waals surface area contributed by atoms with Crippen LogP contribution in [-0.4, -0.2) is 44.7 Å². The number of piperidine rings is 1. The number of benzene rings is 1. The van der Waals surface area contributed by atoms with E-state index in [-0.39, 0.29) is 11.6 Å². The van der Waals surface area contributed by atoms with Crippen LogP contribution in [0.4, 0.5) is 5.69 Å². The molecule has 0 amide bonds. The molecule has 1 aliphatic heterocycles. The Bertz CT molecular complexity index is 710. The molecule has 8 nitrogen and oxygen atoms in total. The second-order valence-electron chi connectivity index (χ2n) is 6.12. The Morgan fingerprint density at radius 3 is 2.83 bits per heavy atom. The molecule has 128 valence electrons. The van der Waals surface area contributed by atoms with Crippen molar-refractivity contribution in [2.45, 2.75) is 31.8 Å². The van der Waals surface area contributed by atoms with Crippen LogP contribution >= 0.6 is 0 Å². The van der Waals surface area contributed by atoms with Crippen molar-refractivity contribution in [1.82, 2.24) is 15.0 Å². The lowest BCUT2D eigenvalue weighted by Gasteiger charge is -2.31. The predicted molar refractivity (Wildman–Crippen MR) is 85.5 cm³/mol. The smallest absolute Gasteiger partial charge is 0.269 e. The van der Waals surface area contributed by atoms with E-state index in [0.717, 1.165) is 25.9 Å². The number of hydrogen-bond acceptors (Lipinski definition) is 7. The number of aliphatic hydroxyl groups is 1. The van der Waals surface area contributed by atoms with Crippen molar-refractivity contribution in [1.29, 1.82) is 0 Å². The van der Waals surface area contributed by atoms with Gasteiger partial charge in [0, 0.05) is 24.6 Å². The molecule has 3 rings (SSSR count). The third kappa shape index (κ3) is 3.77. The second-order valence-corrected chi connectivity index (χ2v) is 6.12. The molecule has 1 N–H and O–H groups in total. The highest BCUT2D eigenvalue weighted by atomic mass is 16.6. The molecule has 1 aromatic heterocycles. The van der Waals surface area contributed by atoms with Crippen LogP contribution in [0.3, 0.4) is 0 Å². The lowest BCUT2D eigenvalue weighted by atomic mass is 9.96. The minimum absolute atomic E-state index is 0.00276. The fourth-order valence-electron chi connectivity index (χ4n) is 3.04. The molecule has 0 saturated carbocycles. The summed E-state index contributed by atoms with van der Waals surface area (Å²) in [6, 6.07) is 6.17. The van der Waals surface area contributed by atoms with Gasteiger partial charge in [-0.15, -0.1) is 0 Å². The van der Waals surface area contributed by atoms with E-state index in [9.17, 15) is 15.2 Å². The minimum Gasteiger partial charge on any atom is -0.387 e. The predicted octanol–water partition coefficient (Wildman–Crippen LogP) is 2.20. The molecule has 2 heterocycles. The maximum Gasteiger partial charge on any atom is 0.269 e. The van der Waals surface area contributed by atoms with E-state index >= 15 is 0 Å². The number of hydrogen-bond donors (Lipinski definition) is 1. The highest BCUT2D eigenvalue weighted by Gasteiger charge is 2.26. The zero-order valence-electron chi connectivity index (χ0n) is 13.5. The van der Waals surface area contributed by atoms with Crippen LogP contribution in [0.25, 0.3) is 0 Å². The van der Waals surface area contributed by atoms with Crippen LogP contribution in [-0.2, 0) is 0 Å². The van der Waals surface area contributed by atoms with E-state index in [4.69, 9.17) is 4.52 Å². The third-order valence-corrected chi connectivity index (χ3v) is 4.38. The van der Waals surface area contributed by atoms with Gasteiger partial charge in [-0.3, -0.25) is 10.1 Å². The molecule has 0 spiro atoms. The van der Waals surface area contributed by atoms with Crippen molar-refractivity contribution in [3.8, 4) is 0 Å². The maximum atomic E-state index is 10.8. The van der Waals surface area contributed by atoms with Crippen molar-refractivity contribution >= 4 is 5.69 Å². The molecule has 1 saturated heterocycles. The second kappa shape index (κ2) is 7.06. The van der Waals surface area contributed by atoms with Crippen LogP contribution in [0.1, 0.15) is 42.1 Å². The number of aryl methyl sites for hydroxylation is 1. The number of non-ortho nitro benzene ring substituents is 1. The Kier molecular flexibility index (Phi) is 4.86. The Labute approximate surface area is 139 Å². The van der Waals surface area contributed by atoms with Gasteiger partial charge in [0.2, 0.25) is 5.89 Å². The fraction of sp³-hybridized carbons (Fsp3) is 0.500. The number of nitrogens with zero attached hydrogens (tertiary/aromatic N) is 4. The molecule has 8 heteroatoms. The highest BCUT2D eigenvalue weighted by molar-refractivity contribution is 5.35. The molecule has 0 radical (unpaired) electrons. The first kappa shape index (κ1) is 16.5. The summed E-state index contributed by atoms with van der Waals surface area (Å²) >= 11 is 0. The summed E-state index contributed by atoms with van der Waals surface area (Å²) in [5, 5.41) is 25.0. The van der Waals surface area contributed by atoms with Gasteiger partial charge in [0.15, 0.2) is 5.82 Å². The van der Waals surface area contributed by atoms with Crippen molar-refractivity contribution in [2.24, 2.45) is 0 Å². The number of aromatic nitrogens is 2. The van der Waals surface area contributed by atoms with Crippen molar-refractivity contribution < 1.29 is 14.6 Å². The lowest BCUT2D eigenvalue weighted by Crippen LogP contribution is -2.36. The van der Waals surface area contributed by atoms with Crippen LogP contribution in [0.15, 0.2) is 28.8 Å². The van der Waals surface area contributed by atoms with Gasteiger partial charge in [-0.1, -0.05) is 17.3 Å². The van der Waals surface area contributed by atoms with Crippen LogP contribution in [0.2, 0.25) is 0 Å². The number of aliphatic hydroxyl groups excluding tert-OH is 1. The quantitative estimate of drug-likeness (QED) is 0.661. The summed E-state index contributed by atoms with van der Waals surface area (Å²) in [7, 11) is 0. The van der Waals surface area contributed by atoms with Gasteiger partial charge in [-0.05, 0) is 38.4 Å². The Morgan fingerprint density at radius 1 is 1.46 bits per heavy atom. The topological polar surface area (TPSA) is 106 Å². The van der Waals surface area contributed by atoms with Crippen LogP contribution in [0, 0.1) is 17.0 Å². The van der Waals surface area contributed by atoms with E-state index < -0.39 is 11.0 Å². The zero-order valence-corrected chi connectivity index (χ0v) is 13.5. The van der Waals surface area contributed by atoms with E-state index in [1.807, 2.05) is 0 Å². The fourth-order valence-corrected chi connectivity index (χ4v) is 3.04. The van der Waals surface area contributed by atoms with Crippen LogP contribution < -0.4 is 0 Å². The lowest BCUT2D eigenvalue weighted by molar-refractivity contribution is -0.385. The molecule has 24 heavy (non-hydrogen) atoms. The van der Waals surface area contributed by atoms with Gasteiger partial charge in [0.1, 0.15) is 0 Å². The first-order chi connectivity index (χ1) is 11.5. The maximum absolute atomic E-state index is 10.8. The number of nitro groups is 1. The average Bonchev–Trinajstić information content (AvgIpc) is 3.02.